The number of hydrazone groups is 1. The van der Waals surface area contributed by atoms with E-state index in [2.05, 4.69) is 22.8 Å². The van der Waals surface area contributed by atoms with Gasteiger partial charge in [0.15, 0.2) is 5.71 Å². The Hall–Kier alpha value is -4.11. The van der Waals surface area contributed by atoms with Gasteiger partial charge in [-0.25, -0.2) is 15.0 Å². The SMILES string of the molecule is CCCCN1C(=O)C(=NNC(=O)Nc2ccccc2)c2cc(SCCc3ccc(C(=O)OC)cc3)ccc21. The van der Waals surface area contributed by atoms with E-state index in [1.165, 1.54) is 7.11 Å². The number of ether oxygens (including phenoxy) is 1. The molecule has 0 aliphatic carbocycles. The van der Waals surface area contributed by atoms with Crippen LogP contribution in [0.15, 0.2) is 82.8 Å². The third kappa shape index (κ3) is 6.60. The molecule has 9 heteroatoms. The summed E-state index contributed by atoms with van der Waals surface area (Å²) in [7, 11) is 1.37. The van der Waals surface area contributed by atoms with Crippen molar-refractivity contribution in [2.45, 2.75) is 31.1 Å². The van der Waals surface area contributed by atoms with E-state index in [1.54, 1.807) is 40.9 Å². The van der Waals surface area contributed by atoms with Crippen LogP contribution in [-0.4, -0.2) is 43.0 Å². The number of anilines is 2. The van der Waals surface area contributed by atoms with Gasteiger partial charge in [0.05, 0.1) is 18.4 Å². The number of esters is 1. The maximum Gasteiger partial charge on any atom is 0.339 e. The largest absolute Gasteiger partial charge is 0.465 e. The van der Waals surface area contributed by atoms with Gasteiger partial charge < -0.3 is 15.0 Å². The third-order valence-corrected chi connectivity index (χ3v) is 7.03. The predicted molar refractivity (Wildman–Crippen MR) is 151 cm³/mol. The molecule has 0 unspecified atom stereocenters. The zero-order valence-corrected chi connectivity index (χ0v) is 22.2. The monoisotopic (exact) mass is 530 g/mol. The van der Waals surface area contributed by atoms with E-state index in [-0.39, 0.29) is 17.6 Å². The zero-order chi connectivity index (χ0) is 26.9. The Kier molecular flexibility index (Phi) is 9.16. The molecule has 0 fully saturated rings. The van der Waals surface area contributed by atoms with Gasteiger partial charge in [-0.2, -0.15) is 5.10 Å². The highest BCUT2D eigenvalue weighted by molar-refractivity contribution is 7.99. The van der Waals surface area contributed by atoms with E-state index >= 15 is 0 Å². The summed E-state index contributed by atoms with van der Waals surface area (Å²) in [5.74, 6) is 0.242. The summed E-state index contributed by atoms with van der Waals surface area (Å²) in [6.07, 6.45) is 2.64. The first-order chi connectivity index (χ1) is 18.5. The number of rotatable bonds is 10. The number of aryl methyl sites for hydroxylation is 1. The van der Waals surface area contributed by atoms with Crippen LogP contribution in [0.4, 0.5) is 16.2 Å². The standard InChI is InChI=1S/C29H30N4O4S/c1-3-4-17-33-25-15-14-23(38-18-16-20-10-12-21(13-11-20)28(35)37-2)19-24(25)26(27(33)34)31-32-29(36)30-22-8-6-5-7-9-22/h5-15,19H,3-4,16-18H2,1-2H3,(H2,30,32,36). The van der Waals surface area contributed by atoms with Crippen molar-refractivity contribution in [2.24, 2.45) is 5.10 Å². The molecule has 3 amide bonds. The van der Waals surface area contributed by atoms with E-state index in [9.17, 15) is 14.4 Å². The van der Waals surface area contributed by atoms with Gasteiger partial charge in [-0.05, 0) is 60.9 Å². The number of nitrogens with one attached hydrogen (secondary N) is 2. The van der Waals surface area contributed by atoms with Crippen molar-refractivity contribution in [3.63, 3.8) is 0 Å². The first-order valence-electron chi connectivity index (χ1n) is 12.5. The molecule has 38 heavy (non-hydrogen) atoms. The van der Waals surface area contributed by atoms with Crippen LogP contribution in [0.1, 0.15) is 41.3 Å². The summed E-state index contributed by atoms with van der Waals surface area (Å²) in [5.41, 5.74) is 6.47. The fourth-order valence-electron chi connectivity index (χ4n) is 4.03. The highest BCUT2D eigenvalue weighted by Crippen LogP contribution is 2.33. The number of methoxy groups -OCH3 is 1. The molecular weight excluding hydrogens is 500 g/mol. The van der Waals surface area contributed by atoms with E-state index in [0.29, 0.717) is 23.4 Å². The average Bonchev–Trinajstić information content (AvgIpc) is 3.20. The minimum atomic E-state index is -0.520. The number of hydrogen-bond acceptors (Lipinski definition) is 6. The summed E-state index contributed by atoms with van der Waals surface area (Å²) < 4.78 is 4.75. The van der Waals surface area contributed by atoms with Crippen LogP contribution in [0, 0.1) is 0 Å². The summed E-state index contributed by atoms with van der Waals surface area (Å²) in [6.45, 7) is 2.67. The number of carbonyl (C=O) groups is 3. The molecule has 1 heterocycles. The number of para-hydroxylation sites is 1. The molecule has 0 atom stereocenters. The van der Waals surface area contributed by atoms with Crippen LogP contribution in [0.3, 0.4) is 0 Å². The van der Waals surface area contributed by atoms with Crippen molar-refractivity contribution in [2.75, 3.05) is 29.6 Å². The Morgan fingerprint density at radius 1 is 1.03 bits per heavy atom. The second-order valence-electron chi connectivity index (χ2n) is 8.67. The summed E-state index contributed by atoms with van der Waals surface area (Å²) >= 11 is 1.67. The molecular formula is C29H30N4O4S. The minimum absolute atomic E-state index is 0.221. The van der Waals surface area contributed by atoms with Crippen LogP contribution in [0.2, 0.25) is 0 Å². The lowest BCUT2D eigenvalue weighted by atomic mass is 10.1. The Balaban J connectivity index is 1.46. The first-order valence-corrected chi connectivity index (χ1v) is 13.4. The van der Waals surface area contributed by atoms with Crippen molar-refractivity contribution in [3.05, 3.63) is 89.5 Å². The van der Waals surface area contributed by atoms with Crippen molar-refractivity contribution in [1.82, 2.24) is 5.43 Å². The molecule has 3 aromatic carbocycles. The molecule has 0 saturated heterocycles. The normalized spacial score (nSPS) is 13.4. The number of urea groups is 1. The molecule has 4 rings (SSSR count). The number of nitrogens with zero attached hydrogens (tertiary/aromatic N) is 2. The van der Waals surface area contributed by atoms with Crippen molar-refractivity contribution in [3.8, 4) is 0 Å². The van der Waals surface area contributed by atoms with E-state index in [4.69, 9.17) is 4.74 Å². The zero-order valence-electron chi connectivity index (χ0n) is 21.4. The van der Waals surface area contributed by atoms with Crippen molar-refractivity contribution >= 4 is 46.8 Å². The van der Waals surface area contributed by atoms with Crippen LogP contribution >= 0.6 is 11.8 Å². The maximum absolute atomic E-state index is 13.2. The third-order valence-electron chi connectivity index (χ3n) is 6.03. The lowest BCUT2D eigenvalue weighted by Gasteiger charge is -2.16. The molecule has 196 valence electrons. The molecule has 0 aromatic heterocycles. The molecule has 0 spiro atoms. The van der Waals surface area contributed by atoms with Gasteiger partial charge >= 0.3 is 12.0 Å². The summed E-state index contributed by atoms with van der Waals surface area (Å²) in [5, 5.41) is 6.92. The molecule has 1 aliphatic heterocycles. The number of fused-ring (bicyclic) bond motifs is 1. The smallest absolute Gasteiger partial charge is 0.339 e. The molecule has 2 N–H and O–H groups in total. The van der Waals surface area contributed by atoms with Crippen LogP contribution < -0.4 is 15.6 Å². The van der Waals surface area contributed by atoms with Gasteiger partial charge in [0.25, 0.3) is 5.91 Å². The number of amides is 3. The topological polar surface area (TPSA) is 100 Å². The van der Waals surface area contributed by atoms with Crippen LogP contribution in [0.25, 0.3) is 0 Å². The minimum Gasteiger partial charge on any atom is -0.465 e. The molecule has 1 aliphatic rings. The number of carbonyl (C=O) groups excluding carboxylic acids is 3. The molecule has 3 aromatic rings. The lowest BCUT2D eigenvalue weighted by molar-refractivity contribution is -0.112. The molecule has 0 radical (unpaired) electrons. The fraction of sp³-hybridized carbons (Fsp3) is 0.241. The second-order valence-corrected chi connectivity index (χ2v) is 9.84. The Labute approximate surface area is 226 Å². The maximum atomic E-state index is 13.2. The highest BCUT2D eigenvalue weighted by Gasteiger charge is 2.34. The van der Waals surface area contributed by atoms with Gasteiger partial charge in [0, 0.05) is 28.4 Å². The van der Waals surface area contributed by atoms with Gasteiger partial charge in [-0.3, -0.25) is 4.79 Å². The van der Waals surface area contributed by atoms with E-state index in [1.807, 2.05) is 48.5 Å². The van der Waals surface area contributed by atoms with E-state index < -0.39 is 6.03 Å². The van der Waals surface area contributed by atoms with Crippen LogP contribution in [0.5, 0.6) is 0 Å². The number of unbranched alkanes of at least 4 members (excludes halogenated alkanes) is 1. The van der Waals surface area contributed by atoms with E-state index in [0.717, 1.165) is 41.2 Å². The van der Waals surface area contributed by atoms with Gasteiger partial charge in [0.1, 0.15) is 0 Å². The molecule has 0 bridgehead atoms. The highest BCUT2D eigenvalue weighted by atomic mass is 32.2. The fourth-order valence-corrected chi connectivity index (χ4v) is 4.97. The number of thioether (sulfide) groups is 1. The summed E-state index contributed by atoms with van der Waals surface area (Å²) in [4.78, 5) is 40.0. The van der Waals surface area contributed by atoms with Crippen molar-refractivity contribution < 1.29 is 19.1 Å². The Morgan fingerprint density at radius 2 is 1.79 bits per heavy atom. The first kappa shape index (κ1) is 26.9. The second kappa shape index (κ2) is 12.9. The average molecular weight is 531 g/mol. The lowest BCUT2D eigenvalue weighted by Crippen LogP contribution is -2.33. The van der Waals surface area contributed by atoms with Gasteiger partial charge in [-0.1, -0.05) is 43.7 Å². The van der Waals surface area contributed by atoms with Crippen molar-refractivity contribution in [1.29, 1.82) is 0 Å². The predicted octanol–water partition coefficient (Wildman–Crippen LogP) is 5.48. The number of benzene rings is 3. The van der Waals surface area contributed by atoms with Gasteiger partial charge in [0.2, 0.25) is 0 Å². The summed E-state index contributed by atoms with van der Waals surface area (Å²) in [6, 6.07) is 21.8. The Morgan fingerprint density at radius 3 is 2.50 bits per heavy atom. The van der Waals surface area contributed by atoms with Gasteiger partial charge in [-0.15, -0.1) is 11.8 Å². The Bertz CT molecular complexity index is 1330. The molecule has 8 nitrogen and oxygen atoms in total. The number of hydrogen-bond donors (Lipinski definition) is 2. The van der Waals surface area contributed by atoms with Crippen LogP contribution in [-0.2, 0) is 16.0 Å². The molecule has 0 saturated carbocycles. The quantitative estimate of drug-likeness (QED) is 0.205.